The molecule has 1 aliphatic rings. The van der Waals surface area contributed by atoms with Crippen LogP contribution < -0.4 is 15.8 Å². The van der Waals surface area contributed by atoms with Crippen LogP contribution in [0.5, 0.6) is 0 Å². The molecule has 7 heteroatoms. The van der Waals surface area contributed by atoms with Crippen molar-refractivity contribution in [1.82, 2.24) is 9.97 Å². The van der Waals surface area contributed by atoms with Crippen molar-refractivity contribution < 1.29 is 4.74 Å². The molecule has 2 aromatic carbocycles. The number of pyridine rings is 2. The quantitative estimate of drug-likeness (QED) is 0.514. The smallest absolute Gasteiger partial charge is 0.259 e. The zero-order valence-corrected chi connectivity index (χ0v) is 17.3. The number of ether oxygens (including phenoxy) is 1. The third-order valence-corrected chi connectivity index (χ3v) is 5.58. The lowest BCUT2D eigenvalue weighted by molar-refractivity contribution is 0.122. The molecule has 32 heavy (non-hydrogen) atoms. The minimum Gasteiger partial charge on any atom is -0.378 e. The van der Waals surface area contributed by atoms with Gasteiger partial charge >= 0.3 is 0 Å². The fourth-order valence-corrected chi connectivity index (χ4v) is 3.96. The summed E-state index contributed by atoms with van der Waals surface area (Å²) in [6.07, 6.45) is 1.62. The predicted octanol–water partition coefficient (Wildman–Crippen LogP) is 4.04. The van der Waals surface area contributed by atoms with E-state index in [-0.39, 0.29) is 5.56 Å². The van der Waals surface area contributed by atoms with Crippen molar-refractivity contribution in [2.24, 2.45) is 0 Å². The Morgan fingerprint density at radius 2 is 1.84 bits per heavy atom. The van der Waals surface area contributed by atoms with Crippen LogP contribution in [-0.2, 0) is 4.74 Å². The Morgan fingerprint density at radius 1 is 1.06 bits per heavy atom. The molecule has 1 aliphatic heterocycles. The molecule has 0 atom stereocenters. The highest BCUT2D eigenvalue weighted by molar-refractivity contribution is 5.95. The highest BCUT2D eigenvalue weighted by Gasteiger charge is 2.14. The number of nitrogens with one attached hydrogen (secondary N) is 2. The van der Waals surface area contributed by atoms with Crippen molar-refractivity contribution in [2.45, 2.75) is 0 Å². The predicted molar refractivity (Wildman–Crippen MR) is 125 cm³/mol. The number of hydrogen-bond donors (Lipinski definition) is 2. The van der Waals surface area contributed by atoms with E-state index in [9.17, 15) is 10.1 Å². The van der Waals surface area contributed by atoms with Crippen molar-refractivity contribution in [3.63, 3.8) is 0 Å². The molecule has 1 fully saturated rings. The summed E-state index contributed by atoms with van der Waals surface area (Å²) in [5, 5.41) is 14.0. The number of anilines is 3. The Hall–Kier alpha value is -4.15. The van der Waals surface area contributed by atoms with Crippen LogP contribution in [0, 0.1) is 11.3 Å². The van der Waals surface area contributed by atoms with Gasteiger partial charge in [-0.3, -0.25) is 4.79 Å². The molecule has 158 valence electrons. The van der Waals surface area contributed by atoms with E-state index in [0.717, 1.165) is 48.6 Å². The highest BCUT2D eigenvalue weighted by atomic mass is 16.5. The first-order valence-electron chi connectivity index (χ1n) is 10.4. The first-order chi connectivity index (χ1) is 15.7. The van der Waals surface area contributed by atoms with Gasteiger partial charge in [0.05, 0.1) is 35.9 Å². The summed E-state index contributed by atoms with van der Waals surface area (Å²) < 4.78 is 5.43. The van der Waals surface area contributed by atoms with Crippen LogP contribution in [-0.4, -0.2) is 36.3 Å². The third kappa shape index (κ3) is 3.80. The number of aromatic nitrogens is 2. The number of nitrogens with zero attached hydrogens (tertiary/aromatic N) is 3. The van der Waals surface area contributed by atoms with Crippen LogP contribution in [0.3, 0.4) is 0 Å². The number of H-pyrrole nitrogens is 1. The van der Waals surface area contributed by atoms with E-state index < -0.39 is 0 Å². The topological polar surface area (TPSA) is 94.0 Å². The fraction of sp³-hybridized carbons (Fsp3) is 0.160. The lowest BCUT2D eigenvalue weighted by Crippen LogP contribution is -2.36. The number of rotatable bonds is 4. The van der Waals surface area contributed by atoms with Crippen molar-refractivity contribution in [3.8, 4) is 17.3 Å². The molecule has 3 heterocycles. The molecule has 1 saturated heterocycles. The number of aromatic amines is 1. The highest BCUT2D eigenvalue weighted by Crippen LogP contribution is 2.30. The summed E-state index contributed by atoms with van der Waals surface area (Å²) >= 11 is 0. The summed E-state index contributed by atoms with van der Waals surface area (Å²) in [6, 6.07) is 21.3. The van der Waals surface area contributed by atoms with Gasteiger partial charge in [0.2, 0.25) is 0 Å². The number of fused-ring (bicyclic) bond motifs is 1. The summed E-state index contributed by atoms with van der Waals surface area (Å²) in [7, 11) is 0. The van der Waals surface area contributed by atoms with Gasteiger partial charge in [-0.2, -0.15) is 5.26 Å². The van der Waals surface area contributed by atoms with Crippen LogP contribution in [0.1, 0.15) is 5.56 Å². The molecular weight excluding hydrogens is 402 g/mol. The Labute approximate surface area is 184 Å². The van der Waals surface area contributed by atoms with Gasteiger partial charge in [0.25, 0.3) is 5.56 Å². The summed E-state index contributed by atoms with van der Waals surface area (Å²) in [5.74, 6) is 0.450. The third-order valence-electron chi connectivity index (χ3n) is 5.58. The fourth-order valence-electron chi connectivity index (χ4n) is 3.96. The van der Waals surface area contributed by atoms with Gasteiger partial charge in [0.15, 0.2) is 0 Å². The van der Waals surface area contributed by atoms with Crippen LogP contribution in [0.4, 0.5) is 17.2 Å². The molecule has 4 aromatic rings. The van der Waals surface area contributed by atoms with Gasteiger partial charge in [-0.25, -0.2) is 4.98 Å². The molecule has 0 unspecified atom stereocenters. The second-order valence-electron chi connectivity index (χ2n) is 7.56. The molecule has 0 bridgehead atoms. The Morgan fingerprint density at radius 3 is 2.62 bits per heavy atom. The van der Waals surface area contributed by atoms with E-state index >= 15 is 0 Å². The largest absolute Gasteiger partial charge is 0.378 e. The molecule has 2 aromatic heterocycles. The van der Waals surface area contributed by atoms with Crippen molar-refractivity contribution in [3.05, 3.63) is 82.8 Å². The standard InChI is InChI=1S/C25H21N5O2/c26-16-18-3-1-2-4-21(18)22-15-17-9-10-27-25(31)23(17)24(29-22)28-19-5-7-20(8-6-19)30-11-13-32-14-12-30/h1-10,15H,11-14H2,(H,27,31)(H,28,29). The minimum absolute atomic E-state index is 0.220. The molecule has 5 rings (SSSR count). The van der Waals surface area contributed by atoms with Crippen LogP contribution in [0.25, 0.3) is 22.0 Å². The molecule has 0 saturated carbocycles. The normalized spacial score (nSPS) is 13.7. The molecule has 0 spiro atoms. The van der Waals surface area contributed by atoms with Gasteiger partial charge in [0.1, 0.15) is 5.82 Å². The second kappa shape index (κ2) is 8.53. The molecule has 0 radical (unpaired) electrons. The maximum Gasteiger partial charge on any atom is 0.259 e. The average Bonchev–Trinajstić information content (AvgIpc) is 2.85. The maximum atomic E-state index is 12.6. The monoisotopic (exact) mass is 423 g/mol. The first-order valence-corrected chi connectivity index (χ1v) is 10.4. The Bertz CT molecular complexity index is 1370. The van der Waals surface area contributed by atoms with E-state index in [1.807, 2.05) is 42.5 Å². The van der Waals surface area contributed by atoms with E-state index in [2.05, 4.69) is 33.4 Å². The summed E-state index contributed by atoms with van der Waals surface area (Å²) in [4.78, 5) is 22.4. The van der Waals surface area contributed by atoms with Crippen molar-refractivity contribution in [1.29, 1.82) is 5.26 Å². The zero-order chi connectivity index (χ0) is 21.9. The number of benzene rings is 2. The van der Waals surface area contributed by atoms with Crippen molar-refractivity contribution >= 4 is 28.0 Å². The lowest BCUT2D eigenvalue weighted by atomic mass is 10.0. The van der Waals surface area contributed by atoms with Gasteiger partial charge in [-0.05, 0) is 47.9 Å². The maximum absolute atomic E-state index is 12.6. The molecule has 0 aliphatic carbocycles. The van der Waals surface area contributed by atoms with E-state index in [1.54, 1.807) is 12.3 Å². The Balaban J connectivity index is 1.55. The number of morpholine rings is 1. The van der Waals surface area contributed by atoms with Crippen LogP contribution >= 0.6 is 0 Å². The molecule has 7 nitrogen and oxygen atoms in total. The number of hydrogen-bond acceptors (Lipinski definition) is 6. The van der Waals surface area contributed by atoms with Gasteiger partial charge in [-0.1, -0.05) is 18.2 Å². The molecular formula is C25H21N5O2. The van der Waals surface area contributed by atoms with Crippen molar-refractivity contribution in [2.75, 3.05) is 36.5 Å². The zero-order valence-electron chi connectivity index (χ0n) is 17.3. The van der Waals surface area contributed by atoms with E-state index in [0.29, 0.717) is 22.5 Å². The van der Waals surface area contributed by atoms with E-state index in [4.69, 9.17) is 9.72 Å². The molecule has 2 N–H and O–H groups in total. The SMILES string of the molecule is N#Cc1ccccc1-c1cc2cc[nH]c(=O)c2c(Nc2ccc(N3CCOCC3)cc2)n1. The Kier molecular flexibility index (Phi) is 5.28. The molecule has 0 amide bonds. The summed E-state index contributed by atoms with van der Waals surface area (Å²) in [5.41, 5.74) is 3.62. The average molecular weight is 423 g/mol. The second-order valence-corrected chi connectivity index (χ2v) is 7.56. The van der Waals surface area contributed by atoms with Crippen LogP contribution in [0.2, 0.25) is 0 Å². The van der Waals surface area contributed by atoms with Crippen LogP contribution in [0.15, 0.2) is 71.7 Å². The van der Waals surface area contributed by atoms with Gasteiger partial charge < -0.3 is 19.9 Å². The van der Waals surface area contributed by atoms with Gasteiger partial charge in [0, 0.05) is 36.2 Å². The van der Waals surface area contributed by atoms with E-state index in [1.165, 1.54) is 0 Å². The first kappa shape index (κ1) is 19.8. The van der Waals surface area contributed by atoms with Gasteiger partial charge in [-0.15, -0.1) is 0 Å². The summed E-state index contributed by atoms with van der Waals surface area (Å²) in [6.45, 7) is 3.20. The number of nitriles is 1. The minimum atomic E-state index is -0.220. The lowest BCUT2D eigenvalue weighted by Gasteiger charge is -2.28.